The third-order valence-electron chi connectivity index (χ3n) is 2.20. The molecule has 1 aromatic heterocycles. The third-order valence-corrected chi connectivity index (χ3v) is 2.82. The van der Waals surface area contributed by atoms with Gasteiger partial charge in [-0.25, -0.2) is 9.37 Å². The van der Waals surface area contributed by atoms with Crippen molar-refractivity contribution in [3.05, 3.63) is 21.7 Å². The van der Waals surface area contributed by atoms with Gasteiger partial charge < -0.3 is 4.90 Å². The Morgan fingerprint density at radius 1 is 1.50 bits per heavy atom. The van der Waals surface area contributed by atoms with Crippen molar-refractivity contribution < 1.29 is 8.78 Å². The largest absolute Gasteiger partial charge is 0.353 e. The van der Waals surface area contributed by atoms with Crippen LogP contribution in [-0.4, -0.2) is 24.2 Å². The van der Waals surface area contributed by atoms with E-state index >= 15 is 0 Å². The van der Waals surface area contributed by atoms with E-state index in [1.807, 2.05) is 22.6 Å². The van der Waals surface area contributed by atoms with E-state index in [4.69, 9.17) is 0 Å². The van der Waals surface area contributed by atoms with Gasteiger partial charge in [0, 0.05) is 16.2 Å². The topological polar surface area (TPSA) is 16.1 Å². The average Bonchev–Trinajstić information content (AvgIpc) is 2.50. The smallest absolute Gasteiger partial charge is 0.215 e. The Bertz CT molecular complexity index is 325. The van der Waals surface area contributed by atoms with Crippen molar-refractivity contribution in [1.82, 2.24) is 4.98 Å². The molecule has 0 aliphatic carbocycles. The van der Waals surface area contributed by atoms with Crippen molar-refractivity contribution in [2.45, 2.75) is 12.6 Å². The van der Waals surface area contributed by atoms with Crippen molar-refractivity contribution in [3.63, 3.8) is 0 Å². The molecule has 1 atom stereocenters. The lowest BCUT2D eigenvalue weighted by Gasteiger charge is -2.16. The molecule has 0 aromatic carbocycles. The molecule has 1 aliphatic heterocycles. The predicted octanol–water partition coefficient (Wildman–Crippen LogP) is 2.37. The van der Waals surface area contributed by atoms with Crippen LogP contribution in [-0.2, 0) is 0 Å². The van der Waals surface area contributed by atoms with Crippen LogP contribution in [0.3, 0.4) is 0 Å². The van der Waals surface area contributed by atoms with Crippen molar-refractivity contribution in [3.8, 4) is 0 Å². The molecular formula is C9H9F2IN2. The van der Waals surface area contributed by atoms with Crippen molar-refractivity contribution in [1.29, 1.82) is 0 Å². The maximum atomic E-state index is 12.9. The van der Waals surface area contributed by atoms with Gasteiger partial charge in [-0.1, -0.05) is 0 Å². The molecule has 76 valence electrons. The summed E-state index contributed by atoms with van der Waals surface area (Å²) in [6.07, 6.45) is -0.299. The number of nitrogens with zero attached hydrogens (tertiary/aromatic N) is 2. The fraction of sp³-hybridized carbons (Fsp3) is 0.444. The molecule has 2 rings (SSSR count). The van der Waals surface area contributed by atoms with Crippen LogP contribution in [0, 0.1) is 9.52 Å². The average molecular weight is 310 g/mol. The second-order valence-electron chi connectivity index (χ2n) is 3.30. The zero-order valence-electron chi connectivity index (χ0n) is 7.38. The van der Waals surface area contributed by atoms with E-state index in [9.17, 15) is 8.78 Å². The first-order valence-electron chi connectivity index (χ1n) is 4.37. The molecule has 0 bridgehead atoms. The van der Waals surface area contributed by atoms with E-state index in [1.54, 1.807) is 11.0 Å². The van der Waals surface area contributed by atoms with Crippen LogP contribution in [0.2, 0.25) is 0 Å². The number of halogens is 3. The fourth-order valence-electron chi connectivity index (χ4n) is 1.54. The van der Waals surface area contributed by atoms with Gasteiger partial charge >= 0.3 is 0 Å². The molecule has 0 N–H and O–H groups in total. The molecule has 2 nitrogen and oxygen atoms in total. The van der Waals surface area contributed by atoms with Gasteiger partial charge in [-0.05, 0) is 35.1 Å². The molecule has 0 amide bonds. The summed E-state index contributed by atoms with van der Waals surface area (Å²) in [5.74, 6) is 0.0313. The Kier molecular flexibility index (Phi) is 2.85. The van der Waals surface area contributed by atoms with Gasteiger partial charge in [-0.15, -0.1) is 0 Å². The number of rotatable bonds is 1. The Morgan fingerprint density at radius 3 is 2.86 bits per heavy atom. The minimum Gasteiger partial charge on any atom is -0.353 e. The Labute approximate surface area is 94.5 Å². The summed E-state index contributed by atoms with van der Waals surface area (Å²) in [5, 5.41) is 0. The van der Waals surface area contributed by atoms with E-state index < -0.39 is 12.1 Å². The number of hydrogen-bond acceptors (Lipinski definition) is 2. The van der Waals surface area contributed by atoms with Crippen LogP contribution in [0.15, 0.2) is 12.1 Å². The highest BCUT2D eigenvalue weighted by atomic mass is 127. The Hall–Kier alpha value is -0.460. The first kappa shape index (κ1) is 10.1. The molecule has 5 heteroatoms. The van der Waals surface area contributed by atoms with E-state index in [2.05, 4.69) is 4.98 Å². The number of alkyl halides is 1. The number of pyridine rings is 1. The summed E-state index contributed by atoms with van der Waals surface area (Å²) in [6.45, 7) is 0.945. The van der Waals surface area contributed by atoms with Crippen molar-refractivity contribution >= 4 is 28.4 Å². The van der Waals surface area contributed by atoms with Gasteiger partial charge in [0.2, 0.25) is 5.95 Å². The number of anilines is 1. The minimum absolute atomic E-state index is 0.326. The van der Waals surface area contributed by atoms with Gasteiger partial charge in [0.1, 0.15) is 12.0 Å². The molecule has 1 fully saturated rings. The fourth-order valence-corrected chi connectivity index (χ4v) is 2.08. The van der Waals surface area contributed by atoms with Gasteiger partial charge in [0.15, 0.2) is 0 Å². The monoisotopic (exact) mass is 310 g/mol. The molecular weight excluding hydrogens is 301 g/mol. The van der Waals surface area contributed by atoms with Crippen LogP contribution in [0.4, 0.5) is 14.6 Å². The van der Waals surface area contributed by atoms with E-state index in [-0.39, 0.29) is 0 Å². The molecule has 0 spiro atoms. The predicted molar refractivity (Wildman–Crippen MR) is 58.6 cm³/mol. The minimum atomic E-state index is -0.808. The zero-order valence-corrected chi connectivity index (χ0v) is 9.54. The van der Waals surface area contributed by atoms with Crippen LogP contribution < -0.4 is 4.90 Å². The Morgan fingerprint density at radius 2 is 2.29 bits per heavy atom. The standard InChI is InChI=1S/C9H9F2IN2/c10-6-1-2-14(5-6)9-4-7(12)3-8(11)13-9/h3-4,6H,1-2,5H2/t6-/m0/s1. The van der Waals surface area contributed by atoms with Crippen LogP contribution in [0.25, 0.3) is 0 Å². The molecule has 2 heterocycles. The number of aromatic nitrogens is 1. The van der Waals surface area contributed by atoms with Gasteiger partial charge in [0.25, 0.3) is 0 Å². The van der Waals surface area contributed by atoms with E-state index in [0.29, 0.717) is 25.3 Å². The van der Waals surface area contributed by atoms with Gasteiger partial charge in [-0.2, -0.15) is 4.39 Å². The van der Waals surface area contributed by atoms with Crippen LogP contribution in [0.1, 0.15) is 6.42 Å². The van der Waals surface area contributed by atoms with Crippen molar-refractivity contribution in [2.24, 2.45) is 0 Å². The SMILES string of the molecule is Fc1cc(I)cc(N2CC[C@H](F)C2)n1. The summed E-state index contributed by atoms with van der Waals surface area (Å²) in [4.78, 5) is 5.51. The molecule has 1 aromatic rings. The van der Waals surface area contributed by atoms with E-state index in [0.717, 1.165) is 3.57 Å². The summed E-state index contributed by atoms with van der Waals surface area (Å²) in [6, 6.07) is 3.12. The highest BCUT2D eigenvalue weighted by molar-refractivity contribution is 14.1. The molecule has 1 aliphatic rings. The van der Waals surface area contributed by atoms with Crippen LogP contribution in [0.5, 0.6) is 0 Å². The van der Waals surface area contributed by atoms with E-state index in [1.165, 1.54) is 6.07 Å². The summed E-state index contributed by atoms with van der Waals surface area (Å²) >= 11 is 2.02. The summed E-state index contributed by atoms with van der Waals surface area (Å²) in [5.41, 5.74) is 0. The van der Waals surface area contributed by atoms with Gasteiger partial charge in [-0.3, -0.25) is 0 Å². The molecule has 0 radical (unpaired) electrons. The molecule has 1 saturated heterocycles. The Balaban J connectivity index is 2.23. The highest BCUT2D eigenvalue weighted by Gasteiger charge is 2.23. The third kappa shape index (κ3) is 2.13. The summed E-state index contributed by atoms with van der Waals surface area (Å²) in [7, 11) is 0. The first-order chi connectivity index (χ1) is 6.65. The molecule has 0 unspecified atom stereocenters. The second kappa shape index (κ2) is 3.96. The normalized spacial score (nSPS) is 21.6. The molecule has 0 saturated carbocycles. The van der Waals surface area contributed by atoms with Crippen LogP contribution >= 0.6 is 22.6 Å². The second-order valence-corrected chi connectivity index (χ2v) is 4.54. The maximum Gasteiger partial charge on any atom is 0.215 e. The first-order valence-corrected chi connectivity index (χ1v) is 5.45. The number of hydrogen-bond donors (Lipinski definition) is 0. The highest BCUT2D eigenvalue weighted by Crippen LogP contribution is 2.21. The van der Waals surface area contributed by atoms with Gasteiger partial charge in [0.05, 0.1) is 6.54 Å². The zero-order chi connectivity index (χ0) is 10.1. The lowest BCUT2D eigenvalue weighted by molar-refractivity contribution is 0.364. The van der Waals surface area contributed by atoms with Crippen molar-refractivity contribution in [2.75, 3.05) is 18.0 Å². The lowest BCUT2D eigenvalue weighted by Crippen LogP contribution is -2.21. The lowest BCUT2D eigenvalue weighted by atomic mass is 10.3. The summed E-state index contributed by atoms with van der Waals surface area (Å²) < 4.78 is 26.6. The molecule has 14 heavy (non-hydrogen) atoms. The maximum absolute atomic E-state index is 12.9. The quantitative estimate of drug-likeness (QED) is 0.585.